The molecule has 1 N–H and O–H groups in total. The summed E-state index contributed by atoms with van der Waals surface area (Å²) in [7, 11) is 0. The summed E-state index contributed by atoms with van der Waals surface area (Å²) in [4.78, 5) is 16.0. The highest BCUT2D eigenvalue weighted by atomic mass is 16.1. The Morgan fingerprint density at radius 2 is 1.89 bits per heavy atom. The number of amides is 1. The van der Waals surface area contributed by atoms with Crippen molar-refractivity contribution in [1.29, 1.82) is 5.26 Å². The number of carbonyl (C=O) groups is 1. The molecule has 1 amide bonds. The van der Waals surface area contributed by atoms with Gasteiger partial charge in [0.15, 0.2) is 0 Å². The van der Waals surface area contributed by atoms with Gasteiger partial charge in [0, 0.05) is 45.2 Å². The minimum Gasteiger partial charge on any atom is -0.354 e. The molecule has 1 aliphatic rings. The van der Waals surface area contributed by atoms with E-state index in [0.29, 0.717) is 6.42 Å². The largest absolute Gasteiger partial charge is 0.354 e. The van der Waals surface area contributed by atoms with E-state index in [4.69, 9.17) is 5.26 Å². The van der Waals surface area contributed by atoms with Crippen molar-refractivity contribution in [3.63, 3.8) is 0 Å². The van der Waals surface area contributed by atoms with Gasteiger partial charge in [0.25, 0.3) is 0 Å². The maximum absolute atomic E-state index is 11.5. The minimum absolute atomic E-state index is 0.00334. The van der Waals surface area contributed by atoms with Crippen LogP contribution in [0.15, 0.2) is 0 Å². The maximum atomic E-state index is 11.5. The molecule has 102 valence electrons. The normalized spacial score (nSPS) is 19.5. The van der Waals surface area contributed by atoms with E-state index in [9.17, 15) is 4.79 Å². The zero-order valence-electron chi connectivity index (χ0n) is 11.6. The lowest BCUT2D eigenvalue weighted by molar-refractivity contribution is -0.122. The van der Waals surface area contributed by atoms with Gasteiger partial charge in [0.2, 0.25) is 5.91 Å². The van der Waals surface area contributed by atoms with E-state index in [-0.39, 0.29) is 18.0 Å². The van der Waals surface area contributed by atoms with Crippen molar-refractivity contribution in [1.82, 2.24) is 15.1 Å². The zero-order chi connectivity index (χ0) is 13.5. The Morgan fingerprint density at radius 1 is 1.28 bits per heavy atom. The highest BCUT2D eigenvalue weighted by Gasteiger charge is 2.20. The van der Waals surface area contributed by atoms with Gasteiger partial charge in [-0.3, -0.25) is 9.69 Å². The molecule has 1 fully saturated rings. The van der Waals surface area contributed by atoms with Crippen LogP contribution in [-0.4, -0.2) is 60.5 Å². The molecule has 0 bridgehead atoms. The lowest BCUT2D eigenvalue weighted by Gasteiger charge is -2.35. The van der Waals surface area contributed by atoms with Crippen molar-refractivity contribution in [3.05, 3.63) is 0 Å². The Kier molecular flexibility index (Phi) is 6.10. The number of nitrogens with one attached hydrogen (secondary N) is 1. The minimum atomic E-state index is -0.00334. The van der Waals surface area contributed by atoms with Gasteiger partial charge in [0.05, 0.1) is 12.1 Å². The predicted molar refractivity (Wildman–Crippen MR) is 71.0 cm³/mol. The van der Waals surface area contributed by atoms with Crippen molar-refractivity contribution in [2.75, 3.05) is 32.7 Å². The Labute approximate surface area is 110 Å². The molecule has 1 rings (SSSR count). The first-order valence-corrected chi connectivity index (χ1v) is 6.68. The van der Waals surface area contributed by atoms with Crippen LogP contribution in [0.5, 0.6) is 0 Å². The Bertz CT molecular complexity index is 303. The fourth-order valence-electron chi connectivity index (χ4n) is 2.11. The van der Waals surface area contributed by atoms with E-state index in [1.54, 1.807) is 0 Å². The predicted octanol–water partition coefficient (Wildman–Crippen LogP) is 0.431. The lowest BCUT2D eigenvalue weighted by Crippen LogP contribution is -2.49. The summed E-state index contributed by atoms with van der Waals surface area (Å²) < 4.78 is 0. The first-order valence-electron chi connectivity index (χ1n) is 6.68. The van der Waals surface area contributed by atoms with Crippen molar-refractivity contribution in [3.8, 4) is 6.07 Å². The summed E-state index contributed by atoms with van der Waals surface area (Å²) in [5, 5.41) is 11.8. The number of piperazine rings is 1. The first-order chi connectivity index (χ1) is 8.52. The lowest BCUT2D eigenvalue weighted by atomic mass is 10.2. The Balaban J connectivity index is 2.20. The van der Waals surface area contributed by atoms with Gasteiger partial charge in [-0.25, -0.2) is 0 Å². The van der Waals surface area contributed by atoms with Gasteiger partial charge in [0.1, 0.15) is 0 Å². The van der Waals surface area contributed by atoms with Gasteiger partial charge in [-0.05, 0) is 20.8 Å². The van der Waals surface area contributed by atoms with E-state index in [0.717, 1.165) is 32.7 Å². The second kappa shape index (κ2) is 7.34. The SMILES string of the molecule is CC(C)NC(=O)CCN1CCN(C(C)C#N)CC1. The molecular weight excluding hydrogens is 228 g/mol. The van der Waals surface area contributed by atoms with Crippen LogP contribution in [0, 0.1) is 11.3 Å². The van der Waals surface area contributed by atoms with Crippen LogP contribution in [0.4, 0.5) is 0 Å². The highest BCUT2D eigenvalue weighted by Crippen LogP contribution is 2.06. The summed E-state index contributed by atoms with van der Waals surface area (Å²) in [6.07, 6.45) is 0.561. The Hall–Kier alpha value is -1.12. The standard InChI is InChI=1S/C13H24N4O/c1-11(2)15-13(18)4-5-16-6-8-17(9-7-16)12(3)10-14/h11-12H,4-9H2,1-3H3,(H,15,18). The third-order valence-electron chi connectivity index (χ3n) is 3.25. The van der Waals surface area contributed by atoms with Crippen LogP contribution in [0.1, 0.15) is 27.2 Å². The van der Waals surface area contributed by atoms with Crippen LogP contribution in [0.25, 0.3) is 0 Å². The van der Waals surface area contributed by atoms with Crippen LogP contribution >= 0.6 is 0 Å². The topological polar surface area (TPSA) is 59.4 Å². The summed E-state index contributed by atoms with van der Waals surface area (Å²) >= 11 is 0. The first kappa shape index (κ1) is 14.9. The number of nitrogens with zero attached hydrogens (tertiary/aromatic N) is 3. The fourth-order valence-corrected chi connectivity index (χ4v) is 2.11. The molecule has 0 aliphatic carbocycles. The van der Waals surface area contributed by atoms with E-state index in [1.165, 1.54) is 0 Å². The van der Waals surface area contributed by atoms with Crippen LogP contribution in [-0.2, 0) is 4.79 Å². The van der Waals surface area contributed by atoms with E-state index in [1.807, 2.05) is 20.8 Å². The van der Waals surface area contributed by atoms with Crippen LogP contribution in [0.3, 0.4) is 0 Å². The molecule has 0 spiro atoms. The second-order valence-corrected chi connectivity index (χ2v) is 5.15. The number of hydrogen-bond acceptors (Lipinski definition) is 4. The number of carbonyl (C=O) groups excluding carboxylic acids is 1. The monoisotopic (exact) mass is 252 g/mol. The van der Waals surface area contributed by atoms with Crippen LogP contribution in [0.2, 0.25) is 0 Å². The molecular formula is C13H24N4O. The number of hydrogen-bond donors (Lipinski definition) is 1. The molecule has 0 aromatic carbocycles. The molecule has 0 radical (unpaired) electrons. The number of rotatable bonds is 5. The van der Waals surface area contributed by atoms with E-state index < -0.39 is 0 Å². The molecule has 5 heteroatoms. The summed E-state index contributed by atoms with van der Waals surface area (Å²) in [5.74, 6) is 0.123. The van der Waals surface area contributed by atoms with Gasteiger partial charge in [-0.2, -0.15) is 5.26 Å². The average molecular weight is 252 g/mol. The molecule has 0 saturated carbocycles. The molecule has 1 aliphatic heterocycles. The summed E-state index contributed by atoms with van der Waals surface area (Å²) in [5.41, 5.74) is 0. The molecule has 5 nitrogen and oxygen atoms in total. The van der Waals surface area contributed by atoms with Crippen molar-refractivity contribution >= 4 is 5.91 Å². The van der Waals surface area contributed by atoms with E-state index >= 15 is 0 Å². The van der Waals surface area contributed by atoms with Crippen molar-refractivity contribution < 1.29 is 4.79 Å². The zero-order valence-corrected chi connectivity index (χ0v) is 11.6. The molecule has 0 aromatic heterocycles. The van der Waals surface area contributed by atoms with Gasteiger partial charge >= 0.3 is 0 Å². The van der Waals surface area contributed by atoms with Gasteiger partial charge < -0.3 is 10.2 Å². The highest BCUT2D eigenvalue weighted by molar-refractivity contribution is 5.76. The smallest absolute Gasteiger partial charge is 0.221 e. The quantitative estimate of drug-likeness (QED) is 0.771. The molecule has 1 heterocycles. The summed E-state index contributed by atoms with van der Waals surface area (Å²) in [6, 6.07) is 2.47. The third-order valence-corrected chi connectivity index (χ3v) is 3.25. The molecule has 1 unspecified atom stereocenters. The van der Waals surface area contributed by atoms with E-state index in [2.05, 4.69) is 21.2 Å². The van der Waals surface area contributed by atoms with Crippen LogP contribution < -0.4 is 5.32 Å². The van der Waals surface area contributed by atoms with Crippen molar-refractivity contribution in [2.45, 2.75) is 39.3 Å². The maximum Gasteiger partial charge on any atom is 0.221 e. The molecule has 0 aromatic rings. The average Bonchev–Trinajstić information content (AvgIpc) is 2.35. The fraction of sp³-hybridized carbons (Fsp3) is 0.846. The second-order valence-electron chi connectivity index (χ2n) is 5.15. The molecule has 1 saturated heterocycles. The van der Waals surface area contributed by atoms with Crippen molar-refractivity contribution in [2.24, 2.45) is 0 Å². The molecule has 18 heavy (non-hydrogen) atoms. The third kappa shape index (κ3) is 5.03. The Morgan fingerprint density at radius 3 is 2.39 bits per heavy atom. The number of nitriles is 1. The molecule has 1 atom stereocenters. The summed E-state index contributed by atoms with van der Waals surface area (Å²) in [6.45, 7) is 10.4. The van der Waals surface area contributed by atoms with Gasteiger partial charge in [-0.1, -0.05) is 0 Å². The van der Waals surface area contributed by atoms with Gasteiger partial charge in [-0.15, -0.1) is 0 Å².